The van der Waals surface area contributed by atoms with Gasteiger partial charge in [-0.3, -0.25) is 4.79 Å². The number of hydrogen-bond acceptors (Lipinski definition) is 2. The van der Waals surface area contributed by atoms with Crippen LogP contribution in [0.1, 0.15) is 5.82 Å². The molecular weight excluding hydrogens is 260 g/mol. The van der Waals surface area contributed by atoms with E-state index >= 15 is 0 Å². The molecule has 0 aliphatic heterocycles. The number of hydrogen-bond donors (Lipinski definition) is 1. The Hall–Kier alpha value is -2.13. The Morgan fingerprint density at radius 3 is 2.58 bits per heavy atom. The summed E-state index contributed by atoms with van der Waals surface area (Å²) in [6, 6.07) is 15.6. The Morgan fingerprint density at radius 2 is 1.84 bits per heavy atom. The highest BCUT2D eigenvalue weighted by molar-refractivity contribution is 6.16. The predicted molar refractivity (Wildman–Crippen MR) is 77.4 cm³/mol. The fourth-order valence-electron chi connectivity index (χ4n) is 2.06. The van der Waals surface area contributed by atoms with E-state index in [0.717, 1.165) is 11.1 Å². The molecule has 3 nitrogen and oxygen atoms in total. The first-order chi connectivity index (χ1) is 9.28. The lowest BCUT2D eigenvalue weighted by Crippen LogP contribution is -2.10. The van der Waals surface area contributed by atoms with Crippen LogP contribution in [0.5, 0.6) is 0 Å². The summed E-state index contributed by atoms with van der Waals surface area (Å²) in [6.45, 7) is 0. The molecule has 0 atom stereocenters. The Morgan fingerprint density at radius 1 is 1.05 bits per heavy atom. The third-order valence-corrected chi connectivity index (χ3v) is 3.24. The number of aromatic nitrogens is 2. The van der Waals surface area contributed by atoms with E-state index in [-0.39, 0.29) is 11.4 Å². The van der Waals surface area contributed by atoms with Gasteiger partial charge in [0.05, 0.1) is 16.8 Å². The zero-order chi connectivity index (χ0) is 13.2. The number of H-pyrrole nitrogens is 1. The van der Waals surface area contributed by atoms with Gasteiger partial charge in [0.1, 0.15) is 5.82 Å². The standard InChI is InChI=1S/C15H11ClN2O/c16-9-14-17-13-7-6-11(8-12(13)15(19)18-14)10-4-2-1-3-5-10/h1-8H,9H2,(H,17,18,19). The highest BCUT2D eigenvalue weighted by Gasteiger charge is 2.05. The van der Waals surface area contributed by atoms with Crippen molar-refractivity contribution in [1.82, 2.24) is 9.97 Å². The van der Waals surface area contributed by atoms with Crippen molar-refractivity contribution in [3.05, 3.63) is 64.7 Å². The van der Waals surface area contributed by atoms with Crippen LogP contribution in [0.4, 0.5) is 0 Å². The largest absolute Gasteiger partial charge is 0.309 e. The second-order valence-corrected chi connectivity index (χ2v) is 4.51. The quantitative estimate of drug-likeness (QED) is 0.726. The molecule has 0 aliphatic carbocycles. The van der Waals surface area contributed by atoms with Crippen LogP contribution in [0.15, 0.2) is 53.3 Å². The van der Waals surface area contributed by atoms with Gasteiger partial charge in [-0.2, -0.15) is 0 Å². The molecule has 3 rings (SSSR count). The van der Waals surface area contributed by atoms with Crippen LogP contribution in [-0.4, -0.2) is 9.97 Å². The number of nitrogens with one attached hydrogen (secondary N) is 1. The number of halogens is 1. The first-order valence-corrected chi connectivity index (χ1v) is 6.46. The summed E-state index contributed by atoms with van der Waals surface area (Å²) in [7, 11) is 0. The molecule has 0 saturated carbocycles. The maximum atomic E-state index is 12.0. The molecule has 1 N–H and O–H groups in total. The number of nitrogens with zero attached hydrogens (tertiary/aromatic N) is 1. The number of benzene rings is 2. The van der Waals surface area contributed by atoms with Crippen LogP contribution < -0.4 is 5.56 Å². The van der Waals surface area contributed by atoms with Gasteiger partial charge in [0.2, 0.25) is 0 Å². The third kappa shape index (κ3) is 2.25. The van der Waals surface area contributed by atoms with Crippen LogP contribution in [0.3, 0.4) is 0 Å². The smallest absolute Gasteiger partial charge is 0.258 e. The Balaban J connectivity index is 2.22. The minimum atomic E-state index is -0.154. The van der Waals surface area contributed by atoms with Gasteiger partial charge >= 0.3 is 0 Å². The van der Waals surface area contributed by atoms with E-state index in [2.05, 4.69) is 9.97 Å². The van der Waals surface area contributed by atoms with E-state index < -0.39 is 0 Å². The normalized spacial score (nSPS) is 10.8. The summed E-state index contributed by atoms with van der Waals surface area (Å²) >= 11 is 5.69. The molecule has 0 saturated heterocycles. The second-order valence-electron chi connectivity index (χ2n) is 4.24. The van der Waals surface area contributed by atoms with Crippen LogP contribution in [-0.2, 0) is 5.88 Å². The highest BCUT2D eigenvalue weighted by atomic mass is 35.5. The minimum Gasteiger partial charge on any atom is -0.309 e. The number of aromatic amines is 1. The van der Waals surface area contributed by atoms with Gasteiger partial charge < -0.3 is 4.98 Å². The average molecular weight is 271 g/mol. The van der Waals surface area contributed by atoms with Crippen molar-refractivity contribution in [2.45, 2.75) is 5.88 Å². The molecule has 0 amide bonds. The van der Waals surface area contributed by atoms with Gasteiger partial charge in [-0.05, 0) is 23.3 Å². The molecule has 2 aromatic carbocycles. The number of rotatable bonds is 2. The molecular formula is C15H11ClN2O. The molecule has 0 radical (unpaired) electrons. The summed E-state index contributed by atoms with van der Waals surface area (Å²) in [5, 5.41) is 0.579. The zero-order valence-electron chi connectivity index (χ0n) is 10.1. The summed E-state index contributed by atoms with van der Waals surface area (Å²) in [6.07, 6.45) is 0. The molecule has 94 valence electrons. The lowest BCUT2D eigenvalue weighted by Gasteiger charge is -2.04. The van der Waals surface area contributed by atoms with Crippen molar-refractivity contribution in [2.75, 3.05) is 0 Å². The third-order valence-electron chi connectivity index (χ3n) is 2.99. The molecule has 0 unspecified atom stereocenters. The van der Waals surface area contributed by atoms with E-state index in [0.29, 0.717) is 16.7 Å². The lowest BCUT2D eigenvalue weighted by atomic mass is 10.0. The van der Waals surface area contributed by atoms with Crippen molar-refractivity contribution in [1.29, 1.82) is 0 Å². The Bertz CT molecular complexity index is 781. The minimum absolute atomic E-state index is 0.154. The van der Waals surface area contributed by atoms with Gasteiger partial charge in [0, 0.05) is 0 Å². The maximum absolute atomic E-state index is 12.0. The fraction of sp³-hybridized carbons (Fsp3) is 0.0667. The maximum Gasteiger partial charge on any atom is 0.258 e. The van der Waals surface area contributed by atoms with Crippen LogP contribution >= 0.6 is 11.6 Å². The highest BCUT2D eigenvalue weighted by Crippen LogP contribution is 2.21. The summed E-state index contributed by atoms with van der Waals surface area (Å²) in [4.78, 5) is 19.0. The lowest BCUT2D eigenvalue weighted by molar-refractivity contribution is 1.04. The van der Waals surface area contributed by atoms with Gasteiger partial charge in [-0.15, -0.1) is 11.6 Å². The van der Waals surface area contributed by atoms with E-state index in [9.17, 15) is 4.79 Å². The predicted octanol–water partition coefficient (Wildman–Crippen LogP) is 3.33. The SMILES string of the molecule is O=c1[nH]c(CCl)nc2ccc(-c3ccccc3)cc12. The van der Waals surface area contributed by atoms with Crippen molar-refractivity contribution in [3.63, 3.8) is 0 Å². The van der Waals surface area contributed by atoms with Crippen molar-refractivity contribution >= 4 is 22.5 Å². The zero-order valence-corrected chi connectivity index (χ0v) is 10.8. The molecule has 1 aromatic heterocycles. The topological polar surface area (TPSA) is 45.8 Å². The van der Waals surface area contributed by atoms with Gasteiger partial charge in [-0.1, -0.05) is 36.4 Å². The molecule has 0 fully saturated rings. The second kappa shape index (κ2) is 4.86. The first-order valence-electron chi connectivity index (χ1n) is 5.92. The van der Waals surface area contributed by atoms with Gasteiger partial charge in [0.15, 0.2) is 0 Å². The van der Waals surface area contributed by atoms with Crippen LogP contribution in [0.25, 0.3) is 22.0 Å². The summed E-state index contributed by atoms with van der Waals surface area (Å²) < 4.78 is 0. The van der Waals surface area contributed by atoms with Crippen molar-refractivity contribution < 1.29 is 0 Å². The van der Waals surface area contributed by atoms with E-state index in [1.165, 1.54) is 0 Å². The van der Waals surface area contributed by atoms with E-state index in [1.807, 2.05) is 48.5 Å². The van der Waals surface area contributed by atoms with Crippen LogP contribution in [0, 0.1) is 0 Å². The van der Waals surface area contributed by atoms with Crippen molar-refractivity contribution in [2.24, 2.45) is 0 Å². The summed E-state index contributed by atoms with van der Waals surface area (Å²) in [5.74, 6) is 0.692. The van der Waals surface area contributed by atoms with Gasteiger partial charge in [-0.25, -0.2) is 4.98 Å². The molecule has 0 spiro atoms. The first kappa shape index (κ1) is 11.9. The number of fused-ring (bicyclic) bond motifs is 1. The van der Waals surface area contributed by atoms with Crippen LogP contribution in [0.2, 0.25) is 0 Å². The molecule has 0 bridgehead atoms. The van der Waals surface area contributed by atoms with E-state index in [4.69, 9.17) is 11.6 Å². The number of alkyl halides is 1. The Labute approximate surface area is 114 Å². The summed E-state index contributed by atoms with van der Waals surface area (Å²) in [5.41, 5.74) is 2.58. The Kier molecular flexibility index (Phi) is 3.05. The monoisotopic (exact) mass is 270 g/mol. The van der Waals surface area contributed by atoms with E-state index in [1.54, 1.807) is 0 Å². The molecule has 19 heavy (non-hydrogen) atoms. The average Bonchev–Trinajstić information content (AvgIpc) is 2.47. The van der Waals surface area contributed by atoms with Crippen molar-refractivity contribution in [3.8, 4) is 11.1 Å². The molecule has 0 aliphatic rings. The fourth-order valence-corrected chi connectivity index (χ4v) is 2.19. The molecule has 1 heterocycles. The molecule has 3 aromatic rings. The molecule has 4 heteroatoms. The van der Waals surface area contributed by atoms with Gasteiger partial charge in [0.25, 0.3) is 5.56 Å².